The lowest BCUT2D eigenvalue weighted by Crippen LogP contribution is -2.22. The fraction of sp³-hybridized carbons (Fsp3) is 0.429. The van der Waals surface area contributed by atoms with E-state index in [1.807, 2.05) is 30.3 Å². The number of hydrogen-bond acceptors (Lipinski definition) is 4. The van der Waals surface area contributed by atoms with Gasteiger partial charge in [0.1, 0.15) is 12.3 Å². The molecule has 1 aliphatic carbocycles. The summed E-state index contributed by atoms with van der Waals surface area (Å²) in [6, 6.07) is 13.5. The van der Waals surface area contributed by atoms with E-state index in [1.54, 1.807) is 31.0 Å². The fourth-order valence-electron chi connectivity index (χ4n) is 4.68. The second-order valence-electron chi connectivity index (χ2n) is 8.90. The van der Waals surface area contributed by atoms with Gasteiger partial charge < -0.3 is 19.9 Å². The summed E-state index contributed by atoms with van der Waals surface area (Å²) < 4.78 is 47.2. The van der Waals surface area contributed by atoms with Gasteiger partial charge in [-0.05, 0) is 60.9 Å². The summed E-state index contributed by atoms with van der Waals surface area (Å²) in [6.07, 6.45) is 1.42. The van der Waals surface area contributed by atoms with E-state index in [4.69, 9.17) is 4.74 Å². The van der Waals surface area contributed by atoms with Gasteiger partial charge in [-0.3, -0.25) is 0 Å². The van der Waals surface area contributed by atoms with Crippen LogP contribution in [-0.2, 0) is 6.54 Å². The number of ether oxygens (including phenoxy) is 1. The smallest absolute Gasteiger partial charge is 0.406 e. The molecule has 4 nitrogen and oxygen atoms in total. The summed E-state index contributed by atoms with van der Waals surface area (Å²) in [5.74, 6) is 7.64. The summed E-state index contributed by atoms with van der Waals surface area (Å²) in [7, 11) is 1.61. The Kier molecular flexibility index (Phi) is 8.63. The number of benzene rings is 2. The van der Waals surface area contributed by atoms with E-state index in [2.05, 4.69) is 29.4 Å². The molecule has 1 aliphatic rings. The van der Waals surface area contributed by atoms with Crippen molar-refractivity contribution < 1.29 is 17.9 Å². The molecule has 0 aliphatic heterocycles. The molecule has 0 radical (unpaired) electrons. The predicted octanol–water partition coefficient (Wildman–Crippen LogP) is 7.53. The molecule has 0 spiro atoms. The molecule has 1 saturated carbocycles. The van der Waals surface area contributed by atoms with Crippen molar-refractivity contribution in [2.75, 3.05) is 30.0 Å². The maximum atomic E-state index is 13.5. The zero-order chi connectivity index (χ0) is 25.5. The number of thioether (sulfide) groups is 1. The first-order chi connectivity index (χ1) is 17.4. The van der Waals surface area contributed by atoms with E-state index in [0.29, 0.717) is 23.0 Å². The molecule has 8 heteroatoms. The van der Waals surface area contributed by atoms with Gasteiger partial charge in [0.05, 0.1) is 30.6 Å². The second kappa shape index (κ2) is 11.9. The van der Waals surface area contributed by atoms with Crippen molar-refractivity contribution in [2.24, 2.45) is 0 Å². The van der Waals surface area contributed by atoms with Crippen molar-refractivity contribution in [3.8, 4) is 17.6 Å². The average molecular weight is 516 g/mol. The lowest BCUT2D eigenvalue weighted by atomic mass is 9.95. The molecule has 3 aromatic rings. The molecule has 192 valence electrons. The Morgan fingerprint density at radius 3 is 2.61 bits per heavy atom. The van der Waals surface area contributed by atoms with Crippen LogP contribution in [-0.4, -0.2) is 36.2 Å². The van der Waals surface area contributed by atoms with E-state index in [9.17, 15) is 13.2 Å². The molecular weight excluding hydrogens is 483 g/mol. The van der Waals surface area contributed by atoms with Gasteiger partial charge in [-0.15, -0.1) is 11.8 Å². The topological polar surface area (TPSA) is 38.2 Å². The van der Waals surface area contributed by atoms with E-state index in [-0.39, 0.29) is 6.54 Å². The largest absolute Gasteiger partial charge is 0.495 e. The van der Waals surface area contributed by atoms with Crippen LogP contribution in [0.3, 0.4) is 0 Å². The van der Waals surface area contributed by atoms with Gasteiger partial charge in [-0.1, -0.05) is 38.2 Å². The Hall–Kier alpha value is -2.92. The Labute approximate surface area is 215 Å². The molecule has 2 N–H and O–H groups in total. The molecule has 0 saturated heterocycles. The van der Waals surface area contributed by atoms with E-state index < -0.39 is 12.7 Å². The number of halogens is 3. The number of methoxy groups -OCH3 is 1. The fourth-order valence-corrected chi connectivity index (χ4v) is 5.37. The molecular formula is C28H32F3N3OS. The minimum Gasteiger partial charge on any atom is -0.495 e. The van der Waals surface area contributed by atoms with Crippen LogP contribution in [0, 0.1) is 11.8 Å². The Bertz CT molecular complexity index is 1240. The number of nitrogens with zero attached hydrogens (tertiary/aromatic N) is 1. The average Bonchev–Trinajstić information content (AvgIpc) is 3.20. The van der Waals surface area contributed by atoms with Crippen molar-refractivity contribution in [1.29, 1.82) is 0 Å². The molecule has 36 heavy (non-hydrogen) atoms. The Balaban J connectivity index is 1.58. The highest BCUT2D eigenvalue weighted by Gasteiger charge is 2.30. The number of rotatable bonds is 8. The number of alkyl halides is 3. The molecule has 4 rings (SSSR count). The third-order valence-corrected chi connectivity index (χ3v) is 7.19. The number of nitrogens with one attached hydrogen (secondary N) is 2. The summed E-state index contributed by atoms with van der Waals surface area (Å²) >= 11 is 1.72. The lowest BCUT2D eigenvalue weighted by molar-refractivity contribution is -0.140. The standard InChI is InChI=1S/C28H32F3N3OS/c1-3-36-22-14-15-25(27(18-22)35-2)32-16-8-11-21-17-23-24(33-20-9-5-4-6-10-20)12-7-13-26(23)34(21)19-28(29,30)31/h7,12-15,17-18,20,32-33H,3-6,9-10,16,19H2,1-2H3. The predicted molar refractivity (Wildman–Crippen MR) is 143 cm³/mol. The van der Waals surface area contributed by atoms with Gasteiger partial charge in [0.25, 0.3) is 0 Å². The van der Waals surface area contributed by atoms with Crippen LogP contribution in [0.1, 0.15) is 44.7 Å². The van der Waals surface area contributed by atoms with Crippen molar-refractivity contribution in [3.05, 3.63) is 48.2 Å². The molecule has 1 aromatic heterocycles. The summed E-state index contributed by atoms with van der Waals surface area (Å²) in [4.78, 5) is 1.11. The van der Waals surface area contributed by atoms with Gasteiger partial charge in [0.2, 0.25) is 0 Å². The van der Waals surface area contributed by atoms with Gasteiger partial charge in [0.15, 0.2) is 0 Å². The molecule has 0 unspecified atom stereocenters. The SMILES string of the molecule is CCSc1ccc(NCC#Cc2cc3c(NC4CCCCC4)cccc3n2CC(F)(F)F)c(OC)c1. The van der Waals surface area contributed by atoms with Crippen LogP contribution in [0.2, 0.25) is 0 Å². The van der Waals surface area contributed by atoms with Crippen molar-refractivity contribution >= 4 is 34.0 Å². The second-order valence-corrected chi connectivity index (χ2v) is 10.2. The zero-order valence-corrected chi connectivity index (χ0v) is 21.5. The van der Waals surface area contributed by atoms with Crippen molar-refractivity contribution in [2.45, 2.75) is 62.7 Å². The molecule has 1 fully saturated rings. The number of anilines is 2. The van der Waals surface area contributed by atoms with Gasteiger partial charge in [0, 0.05) is 22.0 Å². The normalized spacial score (nSPS) is 14.4. The van der Waals surface area contributed by atoms with E-state index in [0.717, 1.165) is 40.3 Å². The maximum absolute atomic E-state index is 13.5. The van der Waals surface area contributed by atoms with Crippen LogP contribution in [0.4, 0.5) is 24.5 Å². The number of aromatic nitrogens is 1. The minimum absolute atomic E-state index is 0.275. The first-order valence-electron chi connectivity index (χ1n) is 12.4. The van der Waals surface area contributed by atoms with Gasteiger partial charge >= 0.3 is 6.18 Å². The minimum atomic E-state index is -4.35. The van der Waals surface area contributed by atoms with E-state index in [1.165, 1.54) is 23.8 Å². The first-order valence-corrected chi connectivity index (χ1v) is 13.4. The Morgan fingerprint density at radius 2 is 1.89 bits per heavy atom. The highest BCUT2D eigenvalue weighted by Crippen LogP contribution is 2.32. The van der Waals surface area contributed by atoms with Crippen LogP contribution in [0.5, 0.6) is 5.75 Å². The molecule has 1 heterocycles. The molecule has 0 amide bonds. The third-order valence-electron chi connectivity index (χ3n) is 6.32. The van der Waals surface area contributed by atoms with Crippen LogP contribution in [0.25, 0.3) is 10.9 Å². The molecule has 0 bridgehead atoms. The van der Waals surface area contributed by atoms with Gasteiger partial charge in [-0.25, -0.2) is 0 Å². The van der Waals surface area contributed by atoms with Crippen molar-refractivity contribution in [3.63, 3.8) is 0 Å². The number of fused-ring (bicyclic) bond motifs is 1. The first kappa shape index (κ1) is 26.2. The lowest BCUT2D eigenvalue weighted by Gasteiger charge is -2.24. The zero-order valence-electron chi connectivity index (χ0n) is 20.7. The molecule has 2 aromatic carbocycles. The van der Waals surface area contributed by atoms with Gasteiger partial charge in [-0.2, -0.15) is 13.2 Å². The van der Waals surface area contributed by atoms with Crippen LogP contribution < -0.4 is 15.4 Å². The quantitative estimate of drug-likeness (QED) is 0.240. The van der Waals surface area contributed by atoms with Crippen molar-refractivity contribution in [1.82, 2.24) is 4.57 Å². The molecule has 0 atom stereocenters. The van der Waals surface area contributed by atoms with Crippen LogP contribution >= 0.6 is 11.8 Å². The Morgan fingerprint density at radius 1 is 1.08 bits per heavy atom. The van der Waals surface area contributed by atoms with Crippen LogP contribution in [0.15, 0.2) is 47.4 Å². The summed E-state index contributed by atoms with van der Waals surface area (Å²) in [5.41, 5.74) is 2.55. The highest BCUT2D eigenvalue weighted by molar-refractivity contribution is 7.99. The van der Waals surface area contributed by atoms with E-state index >= 15 is 0 Å². The monoisotopic (exact) mass is 515 g/mol. The maximum Gasteiger partial charge on any atom is 0.406 e. The summed E-state index contributed by atoms with van der Waals surface area (Å²) in [5, 5.41) is 7.56. The third kappa shape index (κ3) is 6.64. The number of hydrogen-bond donors (Lipinski definition) is 2. The summed E-state index contributed by atoms with van der Waals surface area (Å²) in [6.45, 7) is 1.29. The highest BCUT2D eigenvalue weighted by atomic mass is 32.2.